The molecule has 0 aromatic rings. The quantitative estimate of drug-likeness (QED) is 0.0741. The minimum absolute atomic E-state index is 0.917. The number of carbonyl (C=O) groups excluding carboxylic acids is 1. The van der Waals surface area contributed by atoms with Crippen molar-refractivity contribution in [3.8, 4) is 0 Å². The lowest BCUT2D eigenvalue weighted by molar-refractivity contribution is -0.801. The zero-order valence-electron chi connectivity index (χ0n) is 19.7. The number of aliphatic hydroxyl groups excluding tert-OH is 3. The standard InChI is InChI=1S/C16H29NO19S2/c1-16(2,3)34-14-6(17-37(24,25)26)7(18)10(5(31-14)4-30-36-23)32-15-12(35-38(27,28)29)9(20)8(19)11(33-15)13(21)22/h5-12,14-15,17-20,23H,4H2,1-3H3,(H,21,22)(H,24,25,26)(H,27,28,29)/p-4/t5?,6?,7-,8-,9+,10+,11?,12?,14+,15+/m0/s1. The van der Waals surface area contributed by atoms with E-state index in [1.54, 1.807) is 0 Å². The van der Waals surface area contributed by atoms with E-state index in [4.69, 9.17) is 18.9 Å². The number of nitrogens with one attached hydrogen (secondary N) is 1. The number of hydrogen-bond donors (Lipinski definition) is 4. The van der Waals surface area contributed by atoms with Crippen molar-refractivity contribution >= 4 is 26.7 Å². The van der Waals surface area contributed by atoms with Gasteiger partial charge >= 0.3 is 0 Å². The second-order valence-electron chi connectivity index (χ2n) is 9.01. The fourth-order valence-electron chi connectivity index (χ4n) is 3.59. The smallest absolute Gasteiger partial charge is 0.218 e. The van der Waals surface area contributed by atoms with E-state index < -0.39 is 100 Å². The van der Waals surface area contributed by atoms with Gasteiger partial charge in [0.1, 0.15) is 49.3 Å². The molecule has 22 heteroatoms. The molecule has 4 N–H and O–H groups in total. The molecule has 20 nitrogen and oxygen atoms in total. The Labute approximate surface area is 215 Å². The van der Waals surface area contributed by atoms with Crippen molar-refractivity contribution in [2.45, 2.75) is 87.7 Å². The molecule has 0 aromatic carbocycles. The Kier molecular flexibility index (Phi) is 10.9. The van der Waals surface area contributed by atoms with Gasteiger partial charge in [-0.15, -0.1) is 0 Å². The first kappa shape index (κ1) is 33.0. The number of carboxylic acids is 1. The summed E-state index contributed by atoms with van der Waals surface area (Å²) in [6, 6.07) is -1.97. The average Bonchev–Trinajstić information content (AvgIpc) is 2.73. The number of hydrogen-bond acceptors (Lipinski definition) is 19. The third-order valence-electron chi connectivity index (χ3n) is 5.00. The number of carboxylic acid groups (broad SMARTS) is 1. The molecule has 0 bridgehead atoms. The molecule has 2 saturated heterocycles. The highest BCUT2D eigenvalue weighted by molar-refractivity contribution is 7.83. The van der Waals surface area contributed by atoms with Gasteiger partial charge in [-0.05, 0) is 20.8 Å². The maximum absolute atomic E-state index is 11.4. The summed E-state index contributed by atoms with van der Waals surface area (Å²) in [5, 5.41) is 56.0. The lowest BCUT2D eigenvalue weighted by Crippen LogP contribution is -2.69. The maximum atomic E-state index is 11.4. The van der Waals surface area contributed by atoms with Gasteiger partial charge in [0.2, 0.25) is 10.4 Å². The Hall–Kier alpha value is -1.19. The van der Waals surface area contributed by atoms with Crippen molar-refractivity contribution in [2.24, 2.45) is 0 Å². The highest BCUT2D eigenvalue weighted by Gasteiger charge is 2.53. The predicted octanol–water partition coefficient (Wildman–Crippen LogP) is -7.04. The topological polar surface area (TPSA) is 315 Å². The molecule has 0 saturated carbocycles. The Bertz CT molecular complexity index is 1010. The van der Waals surface area contributed by atoms with Crippen LogP contribution in [0.4, 0.5) is 0 Å². The normalized spacial score (nSPS) is 37.2. The summed E-state index contributed by atoms with van der Waals surface area (Å²) in [7, 11) is -11.0. The first-order chi connectivity index (χ1) is 17.2. The molecule has 224 valence electrons. The summed E-state index contributed by atoms with van der Waals surface area (Å²) in [4.78, 5) is 15.6. The summed E-state index contributed by atoms with van der Waals surface area (Å²) in [5.74, 6) is -2.13. The minimum atomic E-state index is -5.67. The van der Waals surface area contributed by atoms with Gasteiger partial charge in [0.15, 0.2) is 29.0 Å². The number of aliphatic carboxylic acids is 1. The zero-order chi connectivity index (χ0) is 29.2. The Morgan fingerprint density at radius 3 is 2.05 bits per heavy atom. The van der Waals surface area contributed by atoms with Gasteiger partial charge in [-0.3, -0.25) is 9.22 Å². The maximum Gasteiger partial charge on any atom is 0.218 e. The van der Waals surface area contributed by atoms with Crippen LogP contribution in [0.1, 0.15) is 20.8 Å². The molecule has 2 rings (SSSR count). The second-order valence-corrected chi connectivity index (χ2v) is 11.2. The van der Waals surface area contributed by atoms with E-state index in [0.29, 0.717) is 0 Å². The van der Waals surface area contributed by atoms with Crippen LogP contribution in [0.15, 0.2) is 0 Å². The summed E-state index contributed by atoms with van der Waals surface area (Å²) in [6.45, 7) is 3.52. The van der Waals surface area contributed by atoms with Crippen LogP contribution in [-0.2, 0) is 58.6 Å². The molecular formula is C16H25NO19S2-4. The third kappa shape index (κ3) is 9.19. The molecule has 2 fully saturated rings. The molecule has 0 aliphatic carbocycles. The van der Waals surface area contributed by atoms with Crippen LogP contribution in [0.5, 0.6) is 0 Å². The molecular weight excluding hydrogens is 574 g/mol. The number of ether oxygens (including phenoxy) is 4. The molecule has 38 heavy (non-hydrogen) atoms. The summed E-state index contributed by atoms with van der Waals surface area (Å²) in [6.07, 6.45) is -19.9. The number of aliphatic hydroxyl groups is 3. The van der Waals surface area contributed by atoms with E-state index in [0.717, 1.165) is 0 Å². The molecule has 2 aliphatic heterocycles. The van der Waals surface area contributed by atoms with E-state index in [-0.39, 0.29) is 0 Å². The third-order valence-corrected chi connectivity index (χ3v) is 6.02. The van der Waals surface area contributed by atoms with Crippen LogP contribution in [0.25, 0.3) is 0 Å². The van der Waals surface area contributed by atoms with Crippen LogP contribution in [0.3, 0.4) is 0 Å². The van der Waals surface area contributed by atoms with Crippen molar-refractivity contribution in [3.63, 3.8) is 0 Å². The summed E-state index contributed by atoms with van der Waals surface area (Å²) in [5.41, 5.74) is -1.10. The van der Waals surface area contributed by atoms with Crippen LogP contribution in [-0.4, -0.2) is 121 Å². The van der Waals surface area contributed by atoms with E-state index in [1.807, 2.05) is 0 Å². The van der Waals surface area contributed by atoms with Crippen LogP contribution >= 0.6 is 0 Å². The van der Waals surface area contributed by atoms with Gasteiger partial charge in [-0.1, -0.05) is 0 Å². The molecule has 0 radical (unpaired) electrons. The van der Waals surface area contributed by atoms with Gasteiger partial charge < -0.3 is 58.5 Å². The van der Waals surface area contributed by atoms with E-state index in [1.165, 1.54) is 25.5 Å². The lowest BCUT2D eigenvalue weighted by Gasteiger charge is -2.49. The van der Waals surface area contributed by atoms with Crippen molar-refractivity contribution < 1.29 is 89.5 Å². The molecule has 2 heterocycles. The average molecular weight is 599 g/mol. The first-order valence-corrected chi connectivity index (χ1v) is 13.2. The SMILES string of the molecule is CC(C)(C)O[C@H]1OC(COO[O-])[C@@H](O[C@@H]2OC(C(=O)[O-])[C@@H](O)[C@@H](O)C2OS(=O)(=O)[O-])[C@@H](O)C1NS(=O)(=O)[O-]. The van der Waals surface area contributed by atoms with E-state index in [2.05, 4.69) is 14.1 Å². The zero-order valence-corrected chi connectivity index (χ0v) is 21.3. The van der Waals surface area contributed by atoms with E-state index >= 15 is 0 Å². The Morgan fingerprint density at radius 2 is 1.58 bits per heavy atom. The largest absolute Gasteiger partial charge is 0.735 e. The van der Waals surface area contributed by atoms with Crippen LogP contribution in [0, 0.1) is 0 Å². The number of carbonyl (C=O) groups is 1. The van der Waals surface area contributed by atoms with Crippen molar-refractivity contribution in [2.75, 3.05) is 6.61 Å². The van der Waals surface area contributed by atoms with E-state index in [9.17, 15) is 56.4 Å². The number of rotatable bonds is 11. The van der Waals surface area contributed by atoms with Crippen molar-refractivity contribution in [1.82, 2.24) is 4.72 Å². The first-order valence-electron chi connectivity index (χ1n) is 10.4. The van der Waals surface area contributed by atoms with Crippen LogP contribution < -0.4 is 15.1 Å². The molecule has 4 unspecified atom stereocenters. The predicted molar refractivity (Wildman–Crippen MR) is 104 cm³/mol. The molecule has 10 atom stereocenters. The molecule has 0 amide bonds. The van der Waals surface area contributed by atoms with Gasteiger partial charge in [-0.25, -0.2) is 26.4 Å². The van der Waals surface area contributed by atoms with Gasteiger partial charge in [0.05, 0.1) is 11.6 Å². The second kappa shape index (κ2) is 12.5. The van der Waals surface area contributed by atoms with Crippen molar-refractivity contribution in [3.05, 3.63) is 0 Å². The highest BCUT2D eigenvalue weighted by Crippen LogP contribution is 2.32. The highest BCUT2D eigenvalue weighted by atomic mass is 32.3. The minimum Gasteiger partial charge on any atom is -0.735 e. The van der Waals surface area contributed by atoms with Crippen LogP contribution in [0.2, 0.25) is 0 Å². The van der Waals surface area contributed by atoms with Crippen molar-refractivity contribution in [1.29, 1.82) is 0 Å². The fourth-order valence-corrected chi connectivity index (χ4v) is 4.65. The monoisotopic (exact) mass is 599 g/mol. The summed E-state index contributed by atoms with van der Waals surface area (Å²) >= 11 is 0. The Balaban J connectivity index is 2.50. The fraction of sp³-hybridized carbons (Fsp3) is 0.938. The lowest BCUT2D eigenvalue weighted by atomic mass is 9.95. The molecule has 2 aliphatic rings. The molecule has 0 aromatic heterocycles. The Morgan fingerprint density at radius 1 is 0.974 bits per heavy atom. The van der Waals surface area contributed by atoms with Gasteiger partial charge in [0.25, 0.3) is 0 Å². The summed E-state index contributed by atoms with van der Waals surface area (Å²) < 4.78 is 94.6. The van der Waals surface area contributed by atoms with Gasteiger partial charge in [-0.2, -0.15) is 0 Å². The van der Waals surface area contributed by atoms with Gasteiger partial charge in [0, 0.05) is 0 Å². The molecule has 0 spiro atoms.